The number of ether oxygens (including phenoxy) is 1. The number of fused-ring (bicyclic) bond motifs is 1. The van der Waals surface area contributed by atoms with Crippen LogP contribution in [0.4, 0.5) is 10.5 Å². The van der Waals surface area contributed by atoms with Crippen molar-refractivity contribution >= 4 is 23.4 Å². The molecule has 26 heavy (non-hydrogen) atoms. The summed E-state index contributed by atoms with van der Waals surface area (Å²) in [4.78, 5) is 23.0. The van der Waals surface area contributed by atoms with Gasteiger partial charge in [0.05, 0.1) is 0 Å². The Kier molecular flexibility index (Phi) is 4.29. The van der Waals surface area contributed by atoms with E-state index < -0.39 is 17.7 Å². The van der Waals surface area contributed by atoms with Crippen LogP contribution in [0, 0.1) is 0 Å². The summed E-state index contributed by atoms with van der Waals surface area (Å²) < 4.78 is 6.56. The number of carbonyl (C=O) groups excluding carboxylic acids is 1. The van der Waals surface area contributed by atoms with Gasteiger partial charge in [0.1, 0.15) is 11.2 Å². The quantitative estimate of drug-likeness (QED) is 0.741. The number of carbonyl (C=O) groups is 2. The van der Waals surface area contributed by atoms with Crippen molar-refractivity contribution in [2.75, 3.05) is 5.32 Å². The van der Waals surface area contributed by atoms with Crippen LogP contribution >= 0.6 is 0 Å². The van der Waals surface area contributed by atoms with E-state index in [0.29, 0.717) is 17.1 Å². The van der Waals surface area contributed by atoms with E-state index in [9.17, 15) is 14.7 Å². The molecule has 2 aromatic heterocycles. The van der Waals surface area contributed by atoms with Crippen LogP contribution in [0.5, 0.6) is 0 Å². The number of nitrogens with zero attached hydrogens (tertiary/aromatic N) is 4. The zero-order valence-electron chi connectivity index (χ0n) is 14.4. The molecule has 2 N–H and O–H groups in total. The van der Waals surface area contributed by atoms with Crippen LogP contribution in [-0.4, -0.2) is 42.6 Å². The summed E-state index contributed by atoms with van der Waals surface area (Å²) in [5.74, 6) is -0.708. The van der Waals surface area contributed by atoms with Crippen LogP contribution in [0.25, 0.3) is 17.0 Å². The molecule has 0 atom stereocenters. The first-order valence-electron chi connectivity index (χ1n) is 7.79. The highest BCUT2D eigenvalue weighted by atomic mass is 16.6. The number of carboxylic acid groups (broad SMARTS) is 1. The normalized spacial score (nSPS) is 11.3. The molecule has 0 aliphatic rings. The summed E-state index contributed by atoms with van der Waals surface area (Å²) in [6.07, 6.45) is 0.827. The van der Waals surface area contributed by atoms with Gasteiger partial charge in [-0.2, -0.15) is 9.61 Å². The van der Waals surface area contributed by atoms with Gasteiger partial charge in [0, 0.05) is 17.4 Å². The molecule has 0 radical (unpaired) electrons. The summed E-state index contributed by atoms with van der Waals surface area (Å²) in [5.41, 5.74) is 0.809. The fourth-order valence-corrected chi connectivity index (χ4v) is 2.28. The lowest BCUT2D eigenvalue weighted by molar-refractivity contribution is 0.0634. The van der Waals surface area contributed by atoms with Gasteiger partial charge in [0.15, 0.2) is 11.5 Å². The molecule has 9 nitrogen and oxygen atoms in total. The molecule has 9 heteroatoms. The van der Waals surface area contributed by atoms with Crippen molar-refractivity contribution in [3.8, 4) is 11.4 Å². The molecule has 0 aliphatic heterocycles. The molecule has 134 valence electrons. The second-order valence-electron chi connectivity index (χ2n) is 6.51. The Morgan fingerprint density at radius 2 is 1.81 bits per heavy atom. The molecule has 0 saturated carbocycles. The average Bonchev–Trinajstić information content (AvgIpc) is 2.97. The molecule has 3 aromatic rings. The second kappa shape index (κ2) is 6.43. The average molecular weight is 355 g/mol. The predicted molar refractivity (Wildman–Crippen MR) is 93.0 cm³/mol. The van der Waals surface area contributed by atoms with Gasteiger partial charge in [0.25, 0.3) is 0 Å². The minimum atomic E-state index is -1.10. The van der Waals surface area contributed by atoms with E-state index in [1.54, 1.807) is 45.0 Å². The number of aromatic nitrogens is 4. The van der Waals surface area contributed by atoms with E-state index in [-0.39, 0.29) is 11.2 Å². The molecule has 0 fully saturated rings. The maximum atomic E-state index is 11.8. The summed E-state index contributed by atoms with van der Waals surface area (Å²) in [6, 6.07) is 8.17. The third-order valence-electron chi connectivity index (χ3n) is 3.32. The van der Waals surface area contributed by atoms with Gasteiger partial charge in [-0.3, -0.25) is 5.32 Å². The predicted octanol–water partition coefficient (Wildman–Crippen LogP) is 2.84. The number of hydrogen-bond donors (Lipinski definition) is 2. The molecule has 0 spiro atoms. The summed E-state index contributed by atoms with van der Waals surface area (Å²) in [6.45, 7) is 5.35. The Balaban J connectivity index is 1.85. The van der Waals surface area contributed by atoms with Gasteiger partial charge in [-0.05, 0) is 51.1 Å². The number of nitrogens with one attached hydrogen (secondary N) is 1. The van der Waals surface area contributed by atoms with E-state index >= 15 is 0 Å². The Morgan fingerprint density at radius 3 is 2.42 bits per heavy atom. The van der Waals surface area contributed by atoms with Crippen molar-refractivity contribution < 1.29 is 19.4 Å². The third-order valence-corrected chi connectivity index (χ3v) is 3.32. The third kappa shape index (κ3) is 3.61. The highest BCUT2D eigenvalue weighted by Gasteiger charge is 2.17. The number of amides is 1. The lowest BCUT2D eigenvalue weighted by atomic mass is 10.2. The molecule has 0 aliphatic carbocycles. The zero-order valence-corrected chi connectivity index (χ0v) is 14.4. The smallest absolute Gasteiger partial charge is 0.412 e. The zero-order chi connectivity index (χ0) is 18.9. The van der Waals surface area contributed by atoms with Crippen LogP contribution in [0.1, 0.15) is 31.1 Å². The lowest BCUT2D eigenvalue weighted by Crippen LogP contribution is -2.27. The lowest BCUT2D eigenvalue weighted by Gasteiger charge is -2.19. The summed E-state index contributed by atoms with van der Waals surface area (Å²) in [7, 11) is 0. The van der Waals surface area contributed by atoms with E-state index in [1.165, 1.54) is 16.8 Å². The van der Waals surface area contributed by atoms with Crippen LogP contribution in [0.15, 0.2) is 36.5 Å². The largest absolute Gasteiger partial charge is 0.478 e. The Bertz CT molecular complexity index is 973. The van der Waals surface area contributed by atoms with Crippen molar-refractivity contribution in [3.63, 3.8) is 0 Å². The molecule has 1 aromatic carbocycles. The first kappa shape index (κ1) is 17.3. The number of benzene rings is 1. The van der Waals surface area contributed by atoms with Crippen LogP contribution < -0.4 is 5.32 Å². The van der Waals surface area contributed by atoms with Crippen molar-refractivity contribution in [1.29, 1.82) is 0 Å². The molecule has 0 saturated heterocycles. The van der Waals surface area contributed by atoms with Gasteiger partial charge in [0.2, 0.25) is 0 Å². The van der Waals surface area contributed by atoms with Crippen molar-refractivity contribution in [1.82, 2.24) is 19.8 Å². The second-order valence-corrected chi connectivity index (χ2v) is 6.51. The van der Waals surface area contributed by atoms with E-state index in [0.717, 1.165) is 0 Å². The number of rotatable bonds is 3. The Labute approximate surface area is 148 Å². The number of hydrogen-bond acceptors (Lipinski definition) is 6. The van der Waals surface area contributed by atoms with E-state index in [2.05, 4.69) is 20.6 Å². The molecular formula is C17H17N5O4. The minimum Gasteiger partial charge on any atom is -0.478 e. The van der Waals surface area contributed by atoms with E-state index in [4.69, 9.17) is 4.74 Å². The maximum Gasteiger partial charge on any atom is 0.412 e. The first-order chi connectivity index (χ1) is 12.2. The van der Waals surface area contributed by atoms with Crippen molar-refractivity contribution in [3.05, 3.63) is 42.1 Å². The molecule has 1 amide bonds. The highest BCUT2D eigenvalue weighted by Crippen LogP contribution is 2.21. The van der Waals surface area contributed by atoms with Crippen molar-refractivity contribution in [2.24, 2.45) is 0 Å². The highest BCUT2D eigenvalue weighted by molar-refractivity contribution is 5.94. The van der Waals surface area contributed by atoms with E-state index in [1.807, 2.05) is 0 Å². The number of aromatic carboxylic acids is 1. The van der Waals surface area contributed by atoms with Gasteiger partial charge in [-0.15, -0.1) is 10.2 Å². The minimum absolute atomic E-state index is 0.0157. The number of carboxylic acids is 1. The maximum absolute atomic E-state index is 11.8. The number of anilines is 1. The summed E-state index contributed by atoms with van der Waals surface area (Å²) >= 11 is 0. The molecular weight excluding hydrogens is 338 g/mol. The fraction of sp³-hybridized carbons (Fsp3) is 0.235. The molecule has 0 unspecified atom stereocenters. The standard InChI is InChI=1S/C17H17N5O4/c1-17(2,3)26-16(25)19-11-6-4-10(5-7-11)13-20-21-14-12(15(23)24)8-9-18-22(13)14/h4-9H,1-3H3,(H,19,25)(H,23,24). The Morgan fingerprint density at radius 1 is 1.12 bits per heavy atom. The molecule has 0 bridgehead atoms. The Hall–Kier alpha value is -3.49. The summed E-state index contributed by atoms with van der Waals surface area (Å²) in [5, 5.41) is 23.9. The van der Waals surface area contributed by atoms with Crippen LogP contribution in [0.2, 0.25) is 0 Å². The van der Waals surface area contributed by atoms with Gasteiger partial charge >= 0.3 is 12.1 Å². The van der Waals surface area contributed by atoms with Gasteiger partial charge < -0.3 is 9.84 Å². The van der Waals surface area contributed by atoms with Crippen molar-refractivity contribution in [2.45, 2.75) is 26.4 Å². The monoisotopic (exact) mass is 355 g/mol. The van der Waals surface area contributed by atoms with Gasteiger partial charge in [-0.1, -0.05) is 0 Å². The fourth-order valence-electron chi connectivity index (χ4n) is 2.28. The molecule has 2 heterocycles. The topological polar surface area (TPSA) is 119 Å². The van der Waals surface area contributed by atoms with Crippen LogP contribution in [-0.2, 0) is 4.74 Å². The van der Waals surface area contributed by atoms with Gasteiger partial charge in [-0.25, -0.2) is 9.59 Å². The first-order valence-corrected chi connectivity index (χ1v) is 7.79. The SMILES string of the molecule is CC(C)(C)OC(=O)Nc1ccc(-c2nnc3c(C(=O)O)ccnn23)cc1. The van der Waals surface area contributed by atoms with Crippen LogP contribution in [0.3, 0.4) is 0 Å². The molecule has 3 rings (SSSR count).